The molecular formula is C24H28ClF3N4O4. The van der Waals surface area contributed by atoms with Crippen molar-refractivity contribution in [2.24, 2.45) is 0 Å². The molecule has 0 bridgehead atoms. The van der Waals surface area contributed by atoms with Crippen LogP contribution in [0.2, 0.25) is 5.02 Å². The summed E-state index contributed by atoms with van der Waals surface area (Å²) in [5, 5.41) is 18.4. The summed E-state index contributed by atoms with van der Waals surface area (Å²) in [4.78, 5) is 1.96. The van der Waals surface area contributed by atoms with E-state index in [1.54, 1.807) is 25.1 Å². The molecule has 36 heavy (non-hydrogen) atoms. The molecule has 4 rings (SSSR count). The molecule has 2 heterocycles. The second kappa shape index (κ2) is 10.0. The number of aromatic nitrogens is 3. The Kier molecular flexibility index (Phi) is 7.38. The van der Waals surface area contributed by atoms with Crippen molar-refractivity contribution in [3.05, 3.63) is 40.7 Å². The number of aliphatic hydroxyl groups is 1. The number of hydrogen-bond donors (Lipinski definition) is 1. The van der Waals surface area contributed by atoms with Gasteiger partial charge in [0, 0.05) is 19.2 Å². The minimum atomic E-state index is -4.72. The maximum atomic E-state index is 14.2. The first kappa shape index (κ1) is 26.5. The molecule has 12 heteroatoms. The molecule has 1 N–H and O–H groups in total. The molecule has 1 aliphatic rings. The van der Waals surface area contributed by atoms with E-state index in [0.717, 1.165) is 10.9 Å². The number of halogens is 4. The lowest BCUT2D eigenvalue weighted by molar-refractivity contribution is -0.148. The third-order valence-electron chi connectivity index (χ3n) is 6.10. The van der Waals surface area contributed by atoms with Gasteiger partial charge in [0.1, 0.15) is 18.1 Å². The van der Waals surface area contributed by atoms with Crippen molar-refractivity contribution in [3.63, 3.8) is 0 Å². The molecule has 0 aliphatic heterocycles. The Morgan fingerprint density at radius 1 is 1.28 bits per heavy atom. The van der Waals surface area contributed by atoms with Crippen LogP contribution < -0.4 is 4.74 Å². The van der Waals surface area contributed by atoms with Crippen LogP contribution in [0.25, 0.3) is 22.6 Å². The molecule has 0 radical (unpaired) electrons. The zero-order valence-corrected chi connectivity index (χ0v) is 21.2. The van der Waals surface area contributed by atoms with Crippen LogP contribution >= 0.6 is 11.6 Å². The van der Waals surface area contributed by atoms with Crippen molar-refractivity contribution in [1.29, 1.82) is 0 Å². The van der Waals surface area contributed by atoms with E-state index < -0.39 is 23.5 Å². The Bertz CT molecular complexity index is 1210. The van der Waals surface area contributed by atoms with Crippen LogP contribution in [-0.2, 0) is 17.5 Å². The van der Waals surface area contributed by atoms with Gasteiger partial charge in [-0.2, -0.15) is 18.3 Å². The summed E-state index contributed by atoms with van der Waals surface area (Å²) in [7, 11) is 5.26. The number of benzene rings is 1. The topological polar surface area (TPSA) is 85.8 Å². The second-order valence-electron chi connectivity index (χ2n) is 9.45. The predicted octanol–water partition coefficient (Wildman–Crippen LogP) is 5.05. The molecular weight excluding hydrogens is 501 g/mol. The Hall–Kier alpha value is -2.60. The van der Waals surface area contributed by atoms with E-state index in [-0.39, 0.29) is 41.5 Å². The number of hydrogen-bond acceptors (Lipinski definition) is 7. The van der Waals surface area contributed by atoms with E-state index in [0.29, 0.717) is 30.0 Å². The van der Waals surface area contributed by atoms with Crippen molar-refractivity contribution >= 4 is 11.6 Å². The van der Waals surface area contributed by atoms with Crippen LogP contribution in [0, 0.1) is 0 Å². The lowest BCUT2D eigenvalue weighted by Gasteiger charge is -2.41. The lowest BCUT2D eigenvalue weighted by Crippen LogP contribution is -2.43. The molecule has 1 aliphatic carbocycles. The fourth-order valence-corrected chi connectivity index (χ4v) is 4.64. The Balaban J connectivity index is 1.76. The molecule has 8 nitrogen and oxygen atoms in total. The minimum absolute atomic E-state index is 0.0726. The van der Waals surface area contributed by atoms with E-state index in [4.69, 9.17) is 25.6 Å². The number of nitrogens with zero attached hydrogens (tertiary/aromatic N) is 4. The van der Waals surface area contributed by atoms with Crippen LogP contribution in [0.4, 0.5) is 13.2 Å². The van der Waals surface area contributed by atoms with Crippen molar-refractivity contribution in [3.8, 4) is 28.3 Å². The molecule has 1 fully saturated rings. The molecule has 2 aromatic heterocycles. The minimum Gasteiger partial charge on any atom is -0.491 e. The van der Waals surface area contributed by atoms with Gasteiger partial charge in [-0.3, -0.25) is 4.68 Å². The van der Waals surface area contributed by atoms with Crippen LogP contribution in [0.15, 0.2) is 28.9 Å². The average molecular weight is 529 g/mol. The first-order valence-electron chi connectivity index (χ1n) is 11.3. The van der Waals surface area contributed by atoms with Gasteiger partial charge in [0.25, 0.3) is 0 Å². The van der Waals surface area contributed by atoms with Gasteiger partial charge in [-0.1, -0.05) is 28.9 Å². The van der Waals surface area contributed by atoms with E-state index in [1.807, 2.05) is 19.0 Å². The van der Waals surface area contributed by atoms with Gasteiger partial charge in [-0.25, -0.2) is 0 Å². The van der Waals surface area contributed by atoms with Crippen LogP contribution in [0.5, 0.6) is 5.75 Å². The van der Waals surface area contributed by atoms with Crippen LogP contribution in [-0.4, -0.2) is 64.9 Å². The smallest absolute Gasteiger partial charge is 0.433 e. The standard InChI is InChI=1S/C24H28ClF3N4O4/c1-23(33)10-14(11-23)32-22(24(26,27)28)16(12-29-32)21-17(13-34-4)20(30-36-21)15-6-5-7-18(19(15)25)35-9-8-31(2)3/h5-7,12,14,33H,8-11,13H2,1-4H3. The number of ether oxygens (including phenoxy) is 2. The number of methoxy groups -OCH3 is 1. The highest BCUT2D eigenvalue weighted by atomic mass is 35.5. The SMILES string of the molecule is COCc1c(-c2cccc(OCCN(C)C)c2Cl)noc1-c1cnn(C2CC(C)(O)C2)c1C(F)(F)F. The Morgan fingerprint density at radius 3 is 2.61 bits per heavy atom. The molecule has 0 saturated heterocycles. The Morgan fingerprint density at radius 2 is 2.00 bits per heavy atom. The Labute approximate surface area is 211 Å². The highest BCUT2D eigenvalue weighted by molar-refractivity contribution is 6.34. The highest BCUT2D eigenvalue weighted by Gasteiger charge is 2.47. The van der Waals surface area contributed by atoms with E-state index in [1.165, 1.54) is 7.11 Å². The van der Waals surface area contributed by atoms with Crippen LogP contribution in [0.1, 0.15) is 37.1 Å². The van der Waals surface area contributed by atoms with E-state index in [2.05, 4.69) is 10.3 Å². The van der Waals surface area contributed by atoms with Crippen molar-refractivity contribution < 1.29 is 32.3 Å². The maximum absolute atomic E-state index is 14.2. The number of likely N-dealkylation sites (N-methyl/N-ethyl adjacent to an activating group) is 1. The van der Waals surface area contributed by atoms with Gasteiger partial charge < -0.3 is 24.0 Å². The second-order valence-corrected chi connectivity index (χ2v) is 9.83. The van der Waals surface area contributed by atoms with Gasteiger partial charge in [0.15, 0.2) is 11.5 Å². The van der Waals surface area contributed by atoms with Crippen molar-refractivity contribution in [1.82, 2.24) is 19.8 Å². The summed E-state index contributed by atoms with van der Waals surface area (Å²) in [6, 6.07) is 4.53. The molecule has 1 aromatic carbocycles. The maximum Gasteiger partial charge on any atom is 0.433 e. The fourth-order valence-electron chi connectivity index (χ4n) is 4.37. The predicted molar refractivity (Wildman–Crippen MR) is 127 cm³/mol. The number of alkyl halides is 3. The van der Waals surface area contributed by atoms with E-state index in [9.17, 15) is 18.3 Å². The largest absolute Gasteiger partial charge is 0.491 e. The molecule has 0 atom stereocenters. The third-order valence-corrected chi connectivity index (χ3v) is 6.49. The van der Waals surface area contributed by atoms with Gasteiger partial charge >= 0.3 is 6.18 Å². The van der Waals surface area contributed by atoms with Gasteiger partial charge in [-0.15, -0.1) is 0 Å². The average Bonchev–Trinajstić information content (AvgIpc) is 3.37. The quantitative estimate of drug-likeness (QED) is 0.416. The third kappa shape index (κ3) is 5.24. The van der Waals surface area contributed by atoms with E-state index >= 15 is 0 Å². The summed E-state index contributed by atoms with van der Waals surface area (Å²) in [6.07, 6.45) is -3.27. The molecule has 1 saturated carbocycles. The zero-order chi connectivity index (χ0) is 26.3. The van der Waals surface area contributed by atoms with Gasteiger partial charge in [-0.05, 0) is 39.9 Å². The summed E-state index contributed by atoms with van der Waals surface area (Å²) < 4.78 is 60.1. The lowest BCUT2D eigenvalue weighted by atomic mass is 9.77. The summed E-state index contributed by atoms with van der Waals surface area (Å²) in [5.74, 6) is 0.316. The van der Waals surface area contributed by atoms with Crippen molar-refractivity contribution in [2.45, 2.75) is 44.2 Å². The number of rotatable bonds is 9. The normalized spacial score (nSPS) is 20.1. The monoisotopic (exact) mass is 528 g/mol. The summed E-state index contributed by atoms with van der Waals surface area (Å²) in [5.41, 5.74) is -1.24. The fraction of sp³-hybridized carbons (Fsp3) is 0.500. The molecule has 0 spiro atoms. The molecule has 3 aromatic rings. The van der Waals surface area contributed by atoms with Gasteiger partial charge in [0.2, 0.25) is 0 Å². The van der Waals surface area contributed by atoms with Crippen molar-refractivity contribution in [2.75, 3.05) is 34.4 Å². The van der Waals surface area contributed by atoms with Crippen LogP contribution in [0.3, 0.4) is 0 Å². The molecule has 0 unspecified atom stereocenters. The molecule has 0 amide bonds. The molecule has 196 valence electrons. The summed E-state index contributed by atoms with van der Waals surface area (Å²) in [6.45, 7) is 2.58. The summed E-state index contributed by atoms with van der Waals surface area (Å²) >= 11 is 6.61. The highest BCUT2D eigenvalue weighted by Crippen LogP contribution is 2.47. The first-order valence-corrected chi connectivity index (χ1v) is 11.7. The zero-order valence-electron chi connectivity index (χ0n) is 20.4. The first-order chi connectivity index (χ1) is 16.9. The van der Waals surface area contributed by atoms with Gasteiger partial charge in [0.05, 0.1) is 40.6 Å².